The van der Waals surface area contributed by atoms with Crippen molar-refractivity contribution in [1.29, 1.82) is 0 Å². The summed E-state index contributed by atoms with van der Waals surface area (Å²) in [4.78, 5) is 0. The number of rotatable bonds is 3. The van der Waals surface area contributed by atoms with Crippen molar-refractivity contribution in [1.82, 2.24) is 0 Å². The second kappa shape index (κ2) is 5.47. The predicted molar refractivity (Wildman–Crippen MR) is 32.3 cm³/mol. The summed E-state index contributed by atoms with van der Waals surface area (Å²) in [5, 5.41) is 17.2. The van der Waals surface area contributed by atoms with Gasteiger partial charge in [0.2, 0.25) is 0 Å². The van der Waals surface area contributed by atoms with Crippen molar-refractivity contribution >= 4 is 10.1 Å². The summed E-state index contributed by atoms with van der Waals surface area (Å²) in [6.45, 7) is 1.20. The fourth-order valence-electron chi connectivity index (χ4n) is 0.348. The maximum Gasteiger partial charge on any atom is 1.00 e. The van der Waals surface area contributed by atoms with Crippen LogP contribution in [0.2, 0.25) is 0 Å². The van der Waals surface area contributed by atoms with Crippen molar-refractivity contribution in [3.63, 3.8) is 0 Å². The van der Waals surface area contributed by atoms with Crippen LogP contribution >= 0.6 is 0 Å². The van der Waals surface area contributed by atoms with E-state index >= 15 is 0 Å². The monoisotopic (exact) mass is 192 g/mol. The first kappa shape index (κ1) is 14.4. The minimum absolute atomic E-state index is 0. The van der Waals surface area contributed by atoms with Gasteiger partial charge >= 0.3 is 29.6 Å². The normalized spacial score (nSPS) is 16.7. The average Bonchev–Trinajstić information content (AvgIpc) is 1.60. The Hall–Kier alpha value is 0.830. The van der Waals surface area contributed by atoms with Gasteiger partial charge in [-0.1, -0.05) is 0 Å². The van der Waals surface area contributed by atoms with Crippen LogP contribution in [0, 0.1) is 0 Å². The van der Waals surface area contributed by atoms with Crippen molar-refractivity contribution in [3.8, 4) is 0 Å². The van der Waals surface area contributed by atoms with Gasteiger partial charge in [-0.15, -0.1) is 0 Å². The molecule has 0 aliphatic rings. The molecule has 7 heteroatoms. The molecule has 2 unspecified atom stereocenters. The van der Waals surface area contributed by atoms with Crippen LogP contribution in [0.1, 0.15) is 6.92 Å². The van der Waals surface area contributed by atoms with Crippen molar-refractivity contribution in [3.05, 3.63) is 0 Å². The van der Waals surface area contributed by atoms with Gasteiger partial charge in [0.25, 0.3) is 0 Å². The molecule has 0 aromatic heterocycles. The third-order valence-corrected chi connectivity index (χ3v) is 1.68. The van der Waals surface area contributed by atoms with Crippen molar-refractivity contribution in [2.75, 3.05) is 5.75 Å². The molecule has 0 aliphatic heterocycles. The molecule has 0 aromatic rings. The number of aliphatic hydroxyl groups is 2. The quantitative estimate of drug-likeness (QED) is 0.346. The Kier molecular flexibility index (Phi) is 7.14. The molecule has 0 aliphatic carbocycles. The summed E-state index contributed by atoms with van der Waals surface area (Å²) in [6.07, 6.45) is -2.67. The molecule has 0 radical (unpaired) electrons. The minimum Gasteiger partial charge on any atom is -0.748 e. The molecule has 11 heavy (non-hydrogen) atoms. The molecule has 0 saturated heterocycles. The molecule has 0 amide bonds. The molecule has 0 fully saturated rings. The molecule has 0 aromatic carbocycles. The van der Waals surface area contributed by atoms with E-state index in [9.17, 15) is 13.0 Å². The number of aliphatic hydroxyl groups excluding tert-OH is 2. The second-order valence-corrected chi connectivity index (χ2v) is 3.48. The zero-order valence-corrected chi connectivity index (χ0v) is 9.21. The van der Waals surface area contributed by atoms with E-state index in [4.69, 9.17) is 10.2 Å². The first-order valence-corrected chi connectivity index (χ1v) is 4.20. The van der Waals surface area contributed by atoms with E-state index in [1.807, 2.05) is 0 Å². The largest absolute Gasteiger partial charge is 1.00 e. The van der Waals surface area contributed by atoms with Crippen molar-refractivity contribution < 1.29 is 52.7 Å². The van der Waals surface area contributed by atoms with Crippen LogP contribution in [-0.2, 0) is 10.1 Å². The van der Waals surface area contributed by atoms with E-state index in [0.717, 1.165) is 0 Å². The van der Waals surface area contributed by atoms with E-state index < -0.39 is 28.1 Å². The van der Waals surface area contributed by atoms with Gasteiger partial charge in [-0.05, 0) is 6.92 Å². The van der Waals surface area contributed by atoms with Gasteiger partial charge in [0.1, 0.15) is 0 Å². The Morgan fingerprint density at radius 3 is 1.91 bits per heavy atom. The molecule has 0 rings (SSSR count). The van der Waals surface area contributed by atoms with Crippen LogP contribution in [0.3, 0.4) is 0 Å². The Balaban J connectivity index is 0. The fourth-order valence-corrected chi connectivity index (χ4v) is 1.05. The Morgan fingerprint density at radius 2 is 1.82 bits per heavy atom. The molecular formula is C4H9NaO5S. The van der Waals surface area contributed by atoms with Gasteiger partial charge in [0.05, 0.1) is 28.1 Å². The predicted octanol–water partition coefficient (Wildman–Crippen LogP) is -4.72. The van der Waals surface area contributed by atoms with Gasteiger partial charge in [-0.25, -0.2) is 8.42 Å². The van der Waals surface area contributed by atoms with E-state index in [0.29, 0.717) is 0 Å². The first-order valence-electron chi connectivity index (χ1n) is 2.62. The van der Waals surface area contributed by atoms with Gasteiger partial charge in [0.15, 0.2) is 0 Å². The van der Waals surface area contributed by atoms with Crippen LogP contribution in [0.25, 0.3) is 0 Å². The van der Waals surface area contributed by atoms with Crippen LogP contribution in [0.15, 0.2) is 0 Å². The minimum atomic E-state index is -4.43. The zero-order chi connectivity index (χ0) is 8.36. The van der Waals surface area contributed by atoms with E-state index in [1.54, 1.807) is 0 Å². The topological polar surface area (TPSA) is 97.7 Å². The summed E-state index contributed by atoms with van der Waals surface area (Å²) >= 11 is 0. The van der Waals surface area contributed by atoms with E-state index in [1.165, 1.54) is 6.92 Å². The van der Waals surface area contributed by atoms with Gasteiger partial charge in [-0.2, -0.15) is 0 Å². The van der Waals surface area contributed by atoms with Gasteiger partial charge in [0, 0.05) is 0 Å². The third kappa shape index (κ3) is 8.74. The number of hydrogen-bond acceptors (Lipinski definition) is 5. The molecule has 0 bridgehead atoms. The van der Waals surface area contributed by atoms with Crippen LogP contribution in [0.5, 0.6) is 0 Å². The molecule has 0 heterocycles. The standard InChI is InChI=1S/C4H10O5S.Na/c1-3(5)4(6)2-10(7,8)9;/h3-6H,2H2,1H3,(H,7,8,9);/q;+1/p-1. The van der Waals surface area contributed by atoms with Gasteiger partial charge < -0.3 is 14.8 Å². The Labute approximate surface area is 87.5 Å². The van der Waals surface area contributed by atoms with Crippen LogP contribution < -0.4 is 29.6 Å². The summed E-state index contributed by atoms with van der Waals surface area (Å²) in [5.41, 5.74) is 0. The fraction of sp³-hybridized carbons (Fsp3) is 1.00. The molecule has 2 N–H and O–H groups in total. The second-order valence-electron chi connectivity index (χ2n) is 2.03. The number of hydrogen-bond donors (Lipinski definition) is 2. The smallest absolute Gasteiger partial charge is 0.748 e. The molecule has 2 atom stereocenters. The molecule has 5 nitrogen and oxygen atoms in total. The average molecular weight is 192 g/mol. The molecule has 0 spiro atoms. The van der Waals surface area contributed by atoms with E-state index in [-0.39, 0.29) is 29.6 Å². The summed E-state index contributed by atoms with van der Waals surface area (Å²) in [5.74, 6) is -0.940. The molecule has 62 valence electrons. The third-order valence-electron chi connectivity index (χ3n) is 0.932. The summed E-state index contributed by atoms with van der Waals surface area (Å²) in [7, 11) is -4.43. The summed E-state index contributed by atoms with van der Waals surface area (Å²) in [6, 6.07) is 0. The Bertz CT molecular complexity index is 187. The van der Waals surface area contributed by atoms with Crippen LogP contribution in [0.4, 0.5) is 0 Å². The Morgan fingerprint density at radius 1 is 1.45 bits per heavy atom. The van der Waals surface area contributed by atoms with Crippen molar-refractivity contribution in [2.24, 2.45) is 0 Å². The molecular weight excluding hydrogens is 183 g/mol. The summed E-state index contributed by atoms with van der Waals surface area (Å²) < 4.78 is 29.8. The maximum atomic E-state index is 9.92. The zero-order valence-electron chi connectivity index (χ0n) is 6.39. The molecule has 0 saturated carbocycles. The van der Waals surface area contributed by atoms with E-state index in [2.05, 4.69) is 0 Å². The maximum absolute atomic E-state index is 9.92. The first-order chi connectivity index (χ1) is 4.33. The van der Waals surface area contributed by atoms with Crippen molar-refractivity contribution in [2.45, 2.75) is 19.1 Å². The van der Waals surface area contributed by atoms with Crippen LogP contribution in [-0.4, -0.2) is 41.1 Å². The van der Waals surface area contributed by atoms with Gasteiger partial charge in [-0.3, -0.25) is 0 Å². The SMILES string of the molecule is CC(O)C(O)CS(=O)(=O)[O-].[Na+].